The SMILES string of the molecule is Cc1nn(C)c(C)c1NC(=O)CN1CC[C@@H](N)C1. The highest BCUT2D eigenvalue weighted by atomic mass is 16.2. The largest absolute Gasteiger partial charge is 0.326 e. The van der Waals surface area contributed by atoms with Crippen LogP contribution in [0.25, 0.3) is 0 Å². The number of rotatable bonds is 3. The van der Waals surface area contributed by atoms with E-state index in [9.17, 15) is 4.79 Å². The molecule has 1 atom stereocenters. The van der Waals surface area contributed by atoms with Crippen molar-refractivity contribution in [3.8, 4) is 0 Å². The molecule has 0 saturated carbocycles. The Labute approximate surface area is 107 Å². The molecular weight excluding hydrogens is 230 g/mol. The molecule has 18 heavy (non-hydrogen) atoms. The highest BCUT2D eigenvalue weighted by Crippen LogP contribution is 2.18. The Kier molecular flexibility index (Phi) is 3.68. The number of nitrogens with zero attached hydrogens (tertiary/aromatic N) is 3. The molecule has 1 saturated heterocycles. The number of nitrogens with two attached hydrogens (primary N) is 1. The standard InChI is InChI=1S/C12H21N5O/c1-8-12(9(2)16(3)15-8)14-11(18)7-17-5-4-10(13)6-17/h10H,4-7,13H2,1-3H3,(H,14,18)/t10-/m1/s1. The Bertz CT molecular complexity index is 454. The van der Waals surface area contributed by atoms with Crippen LogP contribution in [0.3, 0.4) is 0 Å². The smallest absolute Gasteiger partial charge is 0.238 e. The minimum absolute atomic E-state index is 0.00306. The van der Waals surface area contributed by atoms with E-state index in [4.69, 9.17) is 5.73 Å². The molecule has 1 aromatic rings. The Morgan fingerprint density at radius 2 is 2.28 bits per heavy atom. The molecule has 0 bridgehead atoms. The van der Waals surface area contributed by atoms with E-state index in [0.29, 0.717) is 6.54 Å². The van der Waals surface area contributed by atoms with Crippen molar-refractivity contribution in [2.75, 3.05) is 25.0 Å². The van der Waals surface area contributed by atoms with Gasteiger partial charge in [0.05, 0.1) is 23.6 Å². The van der Waals surface area contributed by atoms with Crippen LogP contribution in [-0.4, -0.2) is 46.3 Å². The maximum Gasteiger partial charge on any atom is 0.238 e. The highest BCUT2D eigenvalue weighted by molar-refractivity contribution is 5.93. The second-order valence-electron chi connectivity index (χ2n) is 5.00. The van der Waals surface area contributed by atoms with E-state index in [1.807, 2.05) is 20.9 Å². The fourth-order valence-corrected chi connectivity index (χ4v) is 2.34. The molecule has 3 N–H and O–H groups in total. The number of carbonyl (C=O) groups excluding carboxylic acids is 1. The zero-order valence-electron chi connectivity index (χ0n) is 11.2. The summed E-state index contributed by atoms with van der Waals surface area (Å²) in [5.41, 5.74) is 8.46. The number of nitrogens with one attached hydrogen (secondary N) is 1. The maximum atomic E-state index is 12.0. The zero-order valence-corrected chi connectivity index (χ0v) is 11.2. The topological polar surface area (TPSA) is 76.2 Å². The van der Waals surface area contributed by atoms with E-state index in [0.717, 1.165) is 36.6 Å². The van der Waals surface area contributed by atoms with Crippen LogP contribution in [0.4, 0.5) is 5.69 Å². The Balaban J connectivity index is 1.95. The minimum Gasteiger partial charge on any atom is -0.326 e. The molecule has 0 unspecified atom stereocenters. The van der Waals surface area contributed by atoms with Gasteiger partial charge in [-0.25, -0.2) is 0 Å². The molecule has 1 aliphatic rings. The van der Waals surface area contributed by atoms with E-state index in [1.165, 1.54) is 0 Å². The normalized spacial score (nSPS) is 20.3. The highest BCUT2D eigenvalue weighted by Gasteiger charge is 2.21. The van der Waals surface area contributed by atoms with E-state index in [2.05, 4.69) is 15.3 Å². The average Bonchev–Trinajstić information content (AvgIpc) is 2.78. The molecule has 1 fully saturated rings. The van der Waals surface area contributed by atoms with Gasteiger partial charge in [-0.15, -0.1) is 0 Å². The van der Waals surface area contributed by atoms with Gasteiger partial charge in [-0.05, 0) is 20.3 Å². The third-order valence-corrected chi connectivity index (χ3v) is 3.45. The minimum atomic E-state index is 0.00306. The van der Waals surface area contributed by atoms with Crippen molar-refractivity contribution < 1.29 is 4.79 Å². The molecule has 2 heterocycles. The van der Waals surface area contributed by atoms with Crippen LogP contribution in [0.2, 0.25) is 0 Å². The first kappa shape index (κ1) is 13.0. The van der Waals surface area contributed by atoms with Crippen molar-refractivity contribution in [2.24, 2.45) is 12.8 Å². The molecule has 1 amide bonds. The summed E-state index contributed by atoms with van der Waals surface area (Å²) >= 11 is 0. The Morgan fingerprint density at radius 3 is 2.78 bits per heavy atom. The first-order valence-electron chi connectivity index (χ1n) is 6.25. The number of hydrogen-bond donors (Lipinski definition) is 2. The summed E-state index contributed by atoms with van der Waals surface area (Å²) in [6.07, 6.45) is 0.970. The van der Waals surface area contributed by atoms with E-state index < -0.39 is 0 Å². The van der Waals surface area contributed by atoms with Crippen molar-refractivity contribution in [3.05, 3.63) is 11.4 Å². The number of amides is 1. The Hall–Kier alpha value is -1.40. The zero-order chi connectivity index (χ0) is 13.3. The van der Waals surface area contributed by atoms with Crippen molar-refractivity contribution in [2.45, 2.75) is 26.3 Å². The lowest BCUT2D eigenvalue weighted by Gasteiger charge is -2.14. The van der Waals surface area contributed by atoms with Crippen molar-refractivity contribution in [1.29, 1.82) is 0 Å². The van der Waals surface area contributed by atoms with E-state index in [1.54, 1.807) is 4.68 Å². The van der Waals surface area contributed by atoms with Crippen LogP contribution >= 0.6 is 0 Å². The van der Waals surface area contributed by atoms with Crippen LogP contribution in [-0.2, 0) is 11.8 Å². The molecule has 2 rings (SSSR count). The van der Waals surface area contributed by atoms with E-state index >= 15 is 0 Å². The summed E-state index contributed by atoms with van der Waals surface area (Å²) in [7, 11) is 1.87. The van der Waals surface area contributed by atoms with Gasteiger partial charge < -0.3 is 11.1 Å². The predicted molar refractivity (Wildman–Crippen MR) is 70.3 cm³/mol. The first-order valence-corrected chi connectivity index (χ1v) is 6.25. The predicted octanol–water partition coefficient (Wildman–Crippen LogP) is 0.00844. The molecule has 0 aromatic carbocycles. The first-order chi connectivity index (χ1) is 8.47. The summed E-state index contributed by atoms with van der Waals surface area (Å²) in [5.74, 6) is 0.00306. The lowest BCUT2D eigenvalue weighted by Crippen LogP contribution is -2.33. The monoisotopic (exact) mass is 251 g/mol. The molecule has 1 aliphatic heterocycles. The number of anilines is 1. The lowest BCUT2D eigenvalue weighted by molar-refractivity contribution is -0.117. The number of aromatic nitrogens is 2. The fourth-order valence-electron chi connectivity index (χ4n) is 2.34. The summed E-state index contributed by atoms with van der Waals surface area (Å²) in [6, 6.07) is 0.208. The second-order valence-corrected chi connectivity index (χ2v) is 5.00. The molecule has 100 valence electrons. The van der Waals surface area contributed by atoms with Gasteiger partial charge in [0.1, 0.15) is 0 Å². The van der Waals surface area contributed by atoms with Gasteiger partial charge in [0.25, 0.3) is 0 Å². The van der Waals surface area contributed by atoms with Crippen LogP contribution in [0.15, 0.2) is 0 Å². The molecule has 0 spiro atoms. The summed E-state index contributed by atoms with van der Waals surface area (Å²) in [4.78, 5) is 14.0. The summed E-state index contributed by atoms with van der Waals surface area (Å²) in [5, 5.41) is 7.21. The maximum absolute atomic E-state index is 12.0. The number of aryl methyl sites for hydroxylation is 2. The third-order valence-electron chi connectivity index (χ3n) is 3.45. The van der Waals surface area contributed by atoms with Crippen LogP contribution in [0.5, 0.6) is 0 Å². The van der Waals surface area contributed by atoms with Crippen LogP contribution < -0.4 is 11.1 Å². The molecule has 6 heteroatoms. The van der Waals surface area contributed by atoms with Gasteiger partial charge in [0, 0.05) is 26.2 Å². The van der Waals surface area contributed by atoms with Crippen molar-refractivity contribution >= 4 is 11.6 Å². The second kappa shape index (κ2) is 5.07. The molecule has 1 aromatic heterocycles. The fraction of sp³-hybridized carbons (Fsp3) is 0.667. The molecule has 0 aliphatic carbocycles. The number of carbonyl (C=O) groups is 1. The van der Waals surface area contributed by atoms with Crippen molar-refractivity contribution in [1.82, 2.24) is 14.7 Å². The van der Waals surface area contributed by atoms with E-state index in [-0.39, 0.29) is 11.9 Å². The van der Waals surface area contributed by atoms with Crippen LogP contribution in [0, 0.1) is 13.8 Å². The quantitative estimate of drug-likeness (QED) is 0.793. The van der Waals surface area contributed by atoms with Gasteiger partial charge in [0.2, 0.25) is 5.91 Å². The van der Waals surface area contributed by atoms with Crippen LogP contribution in [0.1, 0.15) is 17.8 Å². The van der Waals surface area contributed by atoms with Gasteiger partial charge >= 0.3 is 0 Å². The van der Waals surface area contributed by atoms with Gasteiger partial charge in [-0.3, -0.25) is 14.4 Å². The molecular formula is C12H21N5O. The molecule has 0 radical (unpaired) electrons. The third kappa shape index (κ3) is 2.70. The molecule has 6 nitrogen and oxygen atoms in total. The van der Waals surface area contributed by atoms with Gasteiger partial charge in [-0.1, -0.05) is 0 Å². The Morgan fingerprint density at radius 1 is 1.56 bits per heavy atom. The van der Waals surface area contributed by atoms with Gasteiger partial charge in [-0.2, -0.15) is 5.10 Å². The van der Waals surface area contributed by atoms with Gasteiger partial charge in [0.15, 0.2) is 0 Å². The number of likely N-dealkylation sites (tertiary alicyclic amines) is 1. The average molecular weight is 251 g/mol. The summed E-state index contributed by atoms with van der Waals surface area (Å²) < 4.78 is 1.77. The summed E-state index contributed by atoms with van der Waals surface area (Å²) in [6.45, 7) is 5.95. The number of hydrogen-bond acceptors (Lipinski definition) is 4. The lowest BCUT2D eigenvalue weighted by atomic mass is 10.3. The van der Waals surface area contributed by atoms with Crippen molar-refractivity contribution in [3.63, 3.8) is 0 Å².